The summed E-state index contributed by atoms with van der Waals surface area (Å²) in [6.07, 6.45) is 3.16. The van der Waals surface area contributed by atoms with E-state index in [0.29, 0.717) is 18.7 Å². The lowest BCUT2D eigenvalue weighted by Gasteiger charge is -2.33. The van der Waals surface area contributed by atoms with E-state index in [9.17, 15) is 18.0 Å². The molecule has 1 N–H and O–H groups in total. The van der Waals surface area contributed by atoms with Crippen LogP contribution in [0.15, 0.2) is 48.5 Å². The van der Waals surface area contributed by atoms with Crippen molar-refractivity contribution < 1.29 is 22.7 Å². The van der Waals surface area contributed by atoms with Crippen molar-refractivity contribution in [3.05, 3.63) is 59.1 Å². The van der Waals surface area contributed by atoms with Gasteiger partial charge in [0.1, 0.15) is 18.3 Å². The highest BCUT2D eigenvalue weighted by atomic mass is 35.5. The average molecular weight is 524 g/mol. The normalized spacial score (nSPS) is 12.0. The zero-order valence-corrected chi connectivity index (χ0v) is 22.2. The minimum atomic E-state index is -3.84. The van der Waals surface area contributed by atoms with Gasteiger partial charge >= 0.3 is 0 Å². The van der Waals surface area contributed by atoms with E-state index in [-0.39, 0.29) is 23.2 Å². The number of hydrogen-bond acceptors (Lipinski definition) is 5. The summed E-state index contributed by atoms with van der Waals surface area (Å²) in [5.41, 5.74) is 1.06. The maximum absolute atomic E-state index is 13.6. The summed E-state index contributed by atoms with van der Waals surface area (Å²) in [4.78, 5) is 28.0. The van der Waals surface area contributed by atoms with Crippen LogP contribution in [0.3, 0.4) is 0 Å². The molecule has 2 aromatic rings. The minimum absolute atomic E-state index is 0.167. The first-order chi connectivity index (χ1) is 16.6. The molecule has 0 heterocycles. The molecule has 192 valence electrons. The number of unbranched alkanes of at least 4 members (excludes halogenated alkanes) is 1. The molecule has 0 unspecified atom stereocenters. The minimum Gasteiger partial charge on any atom is -0.495 e. The van der Waals surface area contributed by atoms with Gasteiger partial charge in [0.25, 0.3) is 0 Å². The molecule has 35 heavy (non-hydrogen) atoms. The lowest BCUT2D eigenvalue weighted by molar-refractivity contribution is -0.140. The number of nitrogens with one attached hydrogen (secondary N) is 1. The Morgan fingerprint density at radius 1 is 1.11 bits per heavy atom. The third-order valence-corrected chi connectivity index (χ3v) is 6.95. The summed E-state index contributed by atoms with van der Waals surface area (Å²) >= 11 is 6.21. The number of anilines is 1. The van der Waals surface area contributed by atoms with Crippen molar-refractivity contribution in [2.75, 3.05) is 30.8 Å². The SMILES string of the molecule is CCCCNC(=O)[C@@H](CC)N(Cc1ccccc1)C(=O)CN(c1ccc(OC)c(Cl)c1)S(C)(=O)=O. The summed E-state index contributed by atoms with van der Waals surface area (Å²) < 4.78 is 31.5. The van der Waals surface area contributed by atoms with Gasteiger partial charge in [0, 0.05) is 13.1 Å². The van der Waals surface area contributed by atoms with Crippen LogP contribution in [0.4, 0.5) is 5.69 Å². The predicted molar refractivity (Wildman–Crippen MR) is 139 cm³/mol. The average Bonchev–Trinajstić information content (AvgIpc) is 2.82. The van der Waals surface area contributed by atoms with Crippen molar-refractivity contribution in [3.8, 4) is 5.75 Å². The summed E-state index contributed by atoms with van der Waals surface area (Å²) in [6.45, 7) is 4.05. The van der Waals surface area contributed by atoms with Gasteiger partial charge in [-0.3, -0.25) is 13.9 Å². The van der Waals surface area contributed by atoms with Crippen molar-refractivity contribution in [3.63, 3.8) is 0 Å². The van der Waals surface area contributed by atoms with E-state index in [1.54, 1.807) is 0 Å². The summed E-state index contributed by atoms with van der Waals surface area (Å²) in [7, 11) is -2.39. The Kier molecular flexibility index (Phi) is 10.9. The third-order valence-electron chi connectivity index (χ3n) is 5.51. The molecule has 10 heteroatoms. The molecule has 0 spiro atoms. The van der Waals surface area contributed by atoms with Crippen LogP contribution in [0.2, 0.25) is 5.02 Å². The van der Waals surface area contributed by atoms with E-state index in [2.05, 4.69) is 5.32 Å². The molecule has 0 aliphatic rings. The standard InChI is InChI=1S/C25H34ClN3O5S/c1-5-7-15-27-25(31)22(6-2)28(17-19-11-9-8-10-12-19)24(30)18-29(35(4,32)33)20-13-14-23(34-3)21(26)16-20/h8-14,16,22H,5-7,15,17-18H2,1-4H3,(H,27,31)/t22-/m1/s1. The highest BCUT2D eigenvalue weighted by Crippen LogP contribution is 2.30. The molecular formula is C25H34ClN3O5S. The van der Waals surface area contributed by atoms with Gasteiger partial charge in [0.15, 0.2) is 0 Å². The molecule has 2 rings (SSSR count). The molecule has 0 radical (unpaired) electrons. The predicted octanol–water partition coefficient (Wildman–Crippen LogP) is 3.84. The lowest BCUT2D eigenvalue weighted by Crippen LogP contribution is -2.52. The fraction of sp³-hybridized carbons (Fsp3) is 0.440. The van der Waals surface area contributed by atoms with E-state index in [0.717, 1.165) is 29.0 Å². The number of sulfonamides is 1. The highest BCUT2D eigenvalue weighted by molar-refractivity contribution is 7.92. The number of methoxy groups -OCH3 is 1. The van der Waals surface area contributed by atoms with Crippen molar-refractivity contribution >= 4 is 39.1 Å². The Labute approximate surface area is 213 Å². The van der Waals surface area contributed by atoms with Gasteiger partial charge in [-0.1, -0.05) is 62.2 Å². The van der Waals surface area contributed by atoms with E-state index in [1.165, 1.54) is 30.2 Å². The molecule has 0 fully saturated rings. The molecule has 0 bridgehead atoms. The number of amides is 2. The van der Waals surface area contributed by atoms with Crippen molar-refractivity contribution in [1.29, 1.82) is 0 Å². The van der Waals surface area contributed by atoms with Crippen LogP contribution in [0.1, 0.15) is 38.7 Å². The Morgan fingerprint density at radius 2 is 1.80 bits per heavy atom. The third kappa shape index (κ3) is 8.14. The van der Waals surface area contributed by atoms with Crippen molar-refractivity contribution in [2.24, 2.45) is 0 Å². The summed E-state index contributed by atoms with van der Waals surface area (Å²) in [5, 5.41) is 3.11. The van der Waals surface area contributed by atoms with Crippen LogP contribution >= 0.6 is 11.6 Å². The molecule has 0 aromatic heterocycles. The first-order valence-corrected chi connectivity index (χ1v) is 13.8. The van der Waals surface area contributed by atoms with Crippen molar-refractivity contribution in [2.45, 2.75) is 45.7 Å². The van der Waals surface area contributed by atoms with Crippen LogP contribution in [0.25, 0.3) is 0 Å². The second-order valence-corrected chi connectivity index (χ2v) is 10.5. The molecular weight excluding hydrogens is 490 g/mol. The van der Waals surface area contributed by atoms with Crippen LogP contribution in [0, 0.1) is 0 Å². The second-order valence-electron chi connectivity index (χ2n) is 8.16. The number of hydrogen-bond donors (Lipinski definition) is 1. The zero-order chi connectivity index (χ0) is 26.0. The van der Waals surface area contributed by atoms with Gasteiger partial charge < -0.3 is 15.0 Å². The molecule has 1 atom stereocenters. The smallest absolute Gasteiger partial charge is 0.244 e. The van der Waals surface area contributed by atoms with Gasteiger partial charge in [0.2, 0.25) is 21.8 Å². The van der Waals surface area contributed by atoms with E-state index in [1.807, 2.05) is 44.2 Å². The largest absolute Gasteiger partial charge is 0.495 e. The molecule has 0 aliphatic carbocycles. The van der Waals surface area contributed by atoms with Gasteiger partial charge in [-0.15, -0.1) is 0 Å². The number of nitrogens with zero attached hydrogens (tertiary/aromatic N) is 2. The second kappa shape index (κ2) is 13.3. The molecule has 8 nitrogen and oxygen atoms in total. The number of benzene rings is 2. The Hall–Kier alpha value is -2.78. The van der Waals surface area contributed by atoms with Crippen LogP contribution in [-0.4, -0.2) is 57.6 Å². The zero-order valence-electron chi connectivity index (χ0n) is 20.7. The first kappa shape index (κ1) is 28.5. The molecule has 0 saturated carbocycles. The monoisotopic (exact) mass is 523 g/mol. The number of halogens is 1. The van der Waals surface area contributed by atoms with Crippen LogP contribution in [-0.2, 0) is 26.2 Å². The number of carbonyl (C=O) groups is 2. The van der Waals surface area contributed by atoms with Gasteiger partial charge in [0.05, 0.1) is 24.1 Å². The molecule has 0 saturated heterocycles. The van der Waals surface area contributed by atoms with Gasteiger partial charge in [-0.05, 0) is 36.6 Å². The fourth-order valence-electron chi connectivity index (χ4n) is 3.63. The maximum atomic E-state index is 13.6. The van der Waals surface area contributed by atoms with E-state index in [4.69, 9.17) is 16.3 Å². The van der Waals surface area contributed by atoms with E-state index < -0.39 is 28.5 Å². The highest BCUT2D eigenvalue weighted by Gasteiger charge is 2.31. The first-order valence-electron chi connectivity index (χ1n) is 11.5. The quantitative estimate of drug-likeness (QED) is 0.402. The summed E-state index contributed by atoms with van der Waals surface area (Å²) in [6, 6.07) is 13.0. The van der Waals surface area contributed by atoms with Crippen molar-refractivity contribution in [1.82, 2.24) is 10.2 Å². The van der Waals surface area contributed by atoms with Gasteiger partial charge in [-0.25, -0.2) is 8.42 Å². The molecule has 2 amide bonds. The Balaban J connectivity index is 2.40. The van der Waals surface area contributed by atoms with Crippen LogP contribution < -0.4 is 14.4 Å². The number of ether oxygens (including phenoxy) is 1. The van der Waals surface area contributed by atoms with Crippen LogP contribution in [0.5, 0.6) is 5.75 Å². The maximum Gasteiger partial charge on any atom is 0.244 e. The number of rotatable bonds is 13. The lowest BCUT2D eigenvalue weighted by atomic mass is 10.1. The fourth-order valence-corrected chi connectivity index (χ4v) is 4.72. The number of carbonyl (C=O) groups excluding carboxylic acids is 2. The van der Waals surface area contributed by atoms with Gasteiger partial charge in [-0.2, -0.15) is 0 Å². The molecule has 2 aromatic carbocycles. The Morgan fingerprint density at radius 3 is 2.34 bits per heavy atom. The van der Waals surface area contributed by atoms with E-state index >= 15 is 0 Å². The Bertz CT molecular complexity index is 1100. The molecule has 0 aliphatic heterocycles. The topological polar surface area (TPSA) is 96.0 Å². The summed E-state index contributed by atoms with van der Waals surface area (Å²) in [5.74, 6) is -0.372.